The van der Waals surface area contributed by atoms with Crippen molar-refractivity contribution in [2.75, 3.05) is 0 Å². The topological polar surface area (TPSA) is 68.3 Å². The first-order chi connectivity index (χ1) is 5.11. The SMILES string of the molecule is O=C1C=CC(=O)C(=S(=O)=O)C1. The fourth-order valence-corrected chi connectivity index (χ4v) is 1.20. The Morgan fingerprint density at radius 2 is 1.82 bits per heavy atom. The number of carbonyl (C=O) groups excluding carboxylic acids is 2. The highest BCUT2D eigenvalue weighted by atomic mass is 32.2. The standard InChI is InChI=1S/C6H4O4S/c7-4-1-2-5(8)6(3-4)11(9)10/h1-2H,3H2. The number of hydrogen-bond donors (Lipinski definition) is 0. The summed E-state index contributed by atoms with van der Waals surface area (Å²) >= 11 is 0. The average molecular weight is 172 g/mol. The quantitative estimate of drug-likeness (QED) is 0.446. The number of hydrogen-bond acceptors (Lipinski definition) is 4. The van der Waals surface area contributed by atoms with E-state index in [4.69, 9.17) is 0 Å². The van der Waals surface area contributed by atoms with Crippen molar-refractivity contribution in [3.05, 3.63) is 12.2 Å². The van der Waals surface area contributed by atoms with Gasteiger partial charge in [0.25, 0.3) is 0 Å². The fraction of sp³-hybridized carbons (Fsp3) is 0.167. The molecule has 11 heavy (non-hydrogen) atoms. The molecule has 0 atom stereocenters. The van der Waals surface area contributed by atoms with Gasteiger partial charge in [0.2, 0.25) is 10.3 Å². The molecule has 0 saturated heterocycles. The van der Waals surface area contributed by atoms with Crippen LogP contribution in [0.4, 0.5) is 0 Å². The Labute approximate surface area is 64.1 Å². The monoisotopic (exact) mass is 172 g/mol. The first-order valence-corrected chi connectivity index (χ1v) is 3.89. The molecule has 1 aliphatic carbocycles. The zero-order valence-corrected chi connectivity index (χ0v) is 6.22. The van der Waals surface area contributed by atoms with Gasteiger partial charge in [0.05, 0.1) is 6.42 Å². The maximum absolute atomic E-state index is 10.7. The highest BCUT2D eigenvalue weighted by molar-refractivity contribution is 7.75. The lowest BCUT2D eigenvalue weighted by Crippen LogP contribution is -2.20. The lowest BCUT2D eigenvalue weighted by atomic mass is 10.1. The van der Waals surface area contributed by atoms with Gasteiger partial charge in [-0.05, 0) is 12.2 Å². The molecular weight excluding hydrogens is 168 g/mol. The molecular formula is C6H4O4S. The summed E-state index contributed by atoms with van der Waals surface area (Å²) in [4.78, 5) is 21.0. The van der Waals surface area contributed by atoms with Crippen LogP contribution >= 0.6 is 0 Å². The van der Waals surface area contributed by atoms with Crippen LogP contribution in [0, 0.1) is 0 Å². The molecule has 0 amide bonds. The highest BCUT2D eigenvalue weighted by Crippen LogP contribution is 1.99. The van der Waals surface area contributed by atoms with Crippen molar-refractivity contribution in [1.29, 1.82) is 0 Å². The van der Waals surface area contributed by atoms with Gasteiger partial charge in [0.15, 0.2) is 11.6 Å². The molecule has 4 nitrogen and oxygen atoms in total. The van der Waals surface area contributed by atoms with E-state index in [1.54, 1.807) is 0 Å². The summed E-state index contributed by atoms with van der Waals surface area (Å²) in [7, 11) is -2.56. The number of ketones is 2. The molecule has 0 spiro atoms. The second-order valence-electron chi connectivity index (χ2n) is 2.00. The van der Waals surface area contributed by atoms with Gasteiger partial charge in [-0.2, -0.15) is 8.42 Å². The second-order valence-corrected chi connectivity index (χ2v) is 2.96. The largest absolute Gasteiger partial charge is 0.294 e. The van der Waals surface area contributed by atoms with Crippen molar-refractivity contribution in [2.24, 2.45) is 0 Å². The van der Waals surface area contributed by atoms with Gasteiger partial charge in [-0.3, -0.25) is 9.59 Å². The molecule has 0 aliphatic heterocycles. The molecule has 0 unspecified atom stereocenters. The first-order valence-electron chi connectivity index (χ1n) is 2.81. The Morgan fingerprint density at radius 1 is 1.18 bits per heavy atom. The molecule has 0 N–H and O–H groups in total. The van der Waals surface area contributed by atoms with Crippen LogP contribution in [-0.2, 0) is 19.9 Å². The van der Waals surface area contributed by atoms with E-state index < -0.39 is 16.1 Å². The van der Waals surface area contributed by atoms with Crippen LogP contribution in [0.25, 0.3) is 0 Å². The van der Waals surface area contributed by atoms with Crippen LogP contribution in [0.1, 0.15) is 6.42 Å². The minimum absolute atomic E-state index is 0.300. The van der Waals surface area contributed by atoms with E-state index in [0.717, 1.165) is 12.2 Å². The van der Waals surface area contributed by atoms with E-state index in [2.05, 4.69) is 0 Å². The molecule has 0 aromatic heterocycles. The Hall–Kier alpha value is -1.23. The van der Waals surface area contributed by atoms with Crippen LogP contribution in [0.15, 0.2) is 12.2 Å². The van der Waals surface area contributed by atoms with Gasteiger partial charge in [-0.25, -0.2) is 0 Å². The van der Waals surface area contributed by atoms with Crippen LogP contribution < -0.4 is 0 Å². The van der Waals surface area contributed by atoms with E-state index in [9.17, 15) is 18.0 Å². The second kappa shape index (κ2) is 2.79. The molecule has 1 aliphatic rings. The summed E-state index contributed by atoms with van der Waals surface area (Å²) in [5.74, 6) is -0.957. The van der Waals surface area contributed by atoms with E-state index >= 15 is 0 Å². The van der Waals surface area contributed by atoms with E-state index in [1.165, 1.54) is 0 Å². The van der Waals surface area contributed by atoms with Crippen LogP contribution in [0.5, 0.6) is 0 Å². The van der Waals surface area contributed by atoms with Gasteiger partial charge in [-0.15, -0.1) is 0 Å². The summed E-state index contributed by atoms with van der Waals surface area (Å²) in [5.41, 5.74) is 0. The van der Waals surface area contributed by atoms with Crippen LogP contribution in [0.2, 0.25) is 0 Å². The summed E-state index contributed by atoms with van der Waals surface area (Å²) in [6.45, 7) is 0. The van der Waals surface area contributed by atoms with Crippen LogP contribution in [-0.4, -0.2) is 24.8 Å². The Bertz CT molecular complexity index is 363. The van der Waals surface area contributed by atoms with Crippen molar-refractivity contribution >= 4 is 26.7 Å². The van der Waals surface area contributed by atoms with E-state index in [0.29, 0.717) is 0 Å². The van der Waals surface area contributed by atoms with Crippen molar-refractivity contribution in [3.63, 3.8) is 0 Å². The average Bonchev–Trinajstić information content (AvgIpc) is 1.94. The third-order valence-electron chi connectivity index (χ3n) is 1.23. The maximum atomic E-state index is 10.7. The fourth-order valence-electron chi connectivity index (χ4n) is 0.707. The van der Waals surface area contributed by atoms with Gasteiger partial charge in [0.1, 0.15) is 4.86 Å². The lowest BCUT2D eigenvalue weighted by molar-refractivity contribution is -0.115. The number of carbonyl (C=O) groups is 2. The smallest absolute Gasteiger partial charge is 0.221 e. The Morgan fingerprint density at radius 3 is 2.27 bits per heavy atom. The number of rotatable bonds is 0. The van der Waals surface area contributed by atoms with Gasteiger partial charge < -0.3 is 0 Å². The van der Waals surface area contributed by atoms with Crippen molar-refractivity contribution in [2.45, 2.75) is 6.42 Å². The molecule has 0 bridgehead atoms. The third kappa shape index (κ3) is 1.62. The van der Waals surface area contributed by atoms with Crippen molar-refractivity contribution in [1.82, 2.24) is 0 Å². The molecule has 0 aromatic rings. The predicted molar refractivity (Wildman–Crippen MR) is 37.7 cm³/mol. The molecule has 0 radical (unpaired) electrons. The zero-order valence-electron chi connectivity index (χ0n) is 5.40. The minimum atomic E-state index is -2.56. The zero-order chi connectivity index (χ0) is 8.43. The normalized spacial score (nSPS) is 17.3. The van der Waals surface area contributed by atoms with Crippen molar-refractivity contribution < 1.29 is 18.0 Å². The first kappa shape index (κ1) is 7.87. The van der Waals surface area contributed by atoms with Crippen molar-refractivity contribution in [3.8, 4) is 0 Å². The summed E-state index contributed by atoms with van der Waals surface area (Å²) < 4.78 is 20.5. The highest BCUT2D eigenvalue weighted by Gasteiger charge is 2.18. The summed E-state index contributed by atoms with van der Waals surface area (Å²) in [6, 6.07) is 0. The molecule has 0 fully saturated rings. The molecule has 1 rings (SSSR count). The number of allylic oxidation sites excluding steroid dienone is 2. The predicted octanol–water partition coefficient (Wildman–Crippen LogP) is -0.864. The maximum Gasteiger partial charge on any atom is 0.221 e. The Kier molecular flexibility index (Phi) is 2.00. The van der Waals surface area contributed by atoms with Crippen LogP contribution in [0.3, 0.4) is 0 Å². The van der Waals surface area contributed by atoms with Gasteiger partial charge in [0, 0.05) is 0 Å². The van der Waals surface area contributed by atoms with E-state index in [1.807, 2.05) is 0 Å². The summed E-state index contributed by atoms with van der Waals surface area (Å²) in [5, 5.41) is 0. The van der Waals surface area contributed by atoms with E-state index in [-0.39, 0.29) is 17.1 Å². The third-order valence-corrected chi connectivity index (χ3v) is 1.98. The molecule has 58 valence electrons. The molecule has 0 heterocycles. The minimum Gasteiger partial charge on any atom is -0.294 e. The molecule has 0 saturated carbocycles. The van der Waals surface area contributed by atoms with Gasteiger partial charge >= 0.3 is 0 Å². The molecule has 5 heteroatoms. The lowest BCUT2D eigenvalue weighted by Gasteiger charge is -1.99. The summed E-state index contributed by atoms with van der Waals surface area (Å²) in [6.07, 6.45) is 1.75. The Balaban J connectivity index is 3.25. The molecule has 0 aromatic carbocycles. The van der Waals surface area contributed by atoms with Gasteiger partial charge in [-0.1, -0.05) is 0 Å².